The van der Waals surface area contributed by atoms with Crippen molar-refractivity contribution in [3.05, 3.63) is 0 Å². The third-order valence-electron chi connectivity index (χ3n) is 1.51. The molecule has 0 rings (SSSR count). The van der Waals surface area contributed by atoms with E-state index in [2.05, 4.69) is 19.2 Å². The third kappa shape index (κ3) is 8.01. The Morgan fingerprint density at radius 3 is 2.64 bits per heavy atom. The maximum absolute atomic E-state index is 10.8. The van der Waals surface area contributed by atoms with Crippen LogP contribution in [0.2, 0.25) is 0 Å². The van der Waals surface area contributed by atoms with Gasteiger partial charge < -0.3 is 5.32 Å². The van der Waals surface area contributed by atoms with Crippen LogP contribution < -0.4 is 5.32 Å². The largest absolute Gasteiger partial charge is 0.313 e. The Balaban J connectivity index is 3.22. The molecule has 0 aromatic carbocycles. The average Bonchev–Trinajstić information content (AvgIpc) is 1.86. The van der Waals surface area contributed by atoms with Gasteiger partial charge in [0.2, 0.25) is 0 Å². The van der Waals surface area contributed by atoms with Crippen molar-refractivity contribution in [2.24, 2.45) is 0 Å². The summed E-state index contributed by atoms with van der Waals surface area (Å²) in [5.41, 5.74) is 0. The lowest BCUT2D eigenvalue weighted by molar-refractivity contribution is 0.566. The molecule has 1 N–H and O–H groups in total. The molecule has 2 unspecified atom stereocenters. The summed E-state index contributed by atoms with van der Waals surface area (Å²) in [7, 11) is -0.664. The molecule has 2 nitrogen and oxygen atoms in total. The van der Waals surface area contributed by atoms with E-state index in [-0.39, 0.29) is 0 Å². The molecule has 0 radical (unpaired) electrons. The number of unbranched alkanes of at least 4 members (excludes halogenated alkanes) is 1. The van der Waals surface area contributed by atoms with Gasteiger partial charge in [-0.2, -0.15) is 0 Å². The quantitative estimate of drug-likeness (QED) is 0.617. The Morgan fingerprint density at radius 2 is 2.18 bits per heavy atom. The maximum atomic E-state index is 10.8. The topological polar surface area (TPSA) is 29.1 Å². The molecule has 0 saturated heterocycles. The normalized spacial score (nSPS) is 16.3. The molecular formula is C8H19NOS. The lowest BCUT2D eigenvalue weighted by atomic mass is 10.3. The second-order valence-corrected chi connectivity index (χ2v) is 4.43. The highest BCUT2D eigenvalue weighted by atomic mass is 32.2. The highest BCUT2D eigenvalue weighted by molar-refractivity contribution is 7.84. The fourth-order valence-corrected chi connectivity index (χ4v) is 1.76. The molecule has 3 heteroatoms. The zero-order valence-corrected chi connectivity index (χ0v) is 8.54. The van der Waals surface area contributed by atoms with Crippen molar-refractivity contribution in [2.75, 3.05) is 18.6 Å². The lowest BCUT2D eigenvalue weighted by Gasteiger charge is -2.10. The zero-order chi connectivity index (χ0) is 8.69. The summed E-state index contributed by atoms with van der Waals surface area (Å²) >= 11 is 0. The summed E-state index contributed by atoms with van der Waals surface area (Å²) in [6.45, 7) is 5.30. The molecule has 0 bridgehead atoms. The van der Waals surface area contributed by atoms with Gasteiger partial charge in [-0.05, 0) is 19.9 Å². The monoisotopic (exact) mass is 177 g/mol. The van der Waals surface area contributed by atoms with Crippen LogP contribution in [0.4, 0.5) is 0 Å². The van der Waals surface area contributed by atoms with Crippen LogP contribution in [0.15, 0.2) is 0 Å². The minimum Gasteiger partial charge on any atom is -0.313 e. The lowest BCUT2D eigenvalue weighted by Crippen LogP contribution is -2.31. The molecular weight excluding hydrogens is 158 g/mol. The number of nitrogens with one attached hydrogen (secondary N) is 1. The van der Waals surface area contributed by atoms with Crippen molar-refractivity contribution in [2.45, 2.75) is 32.7 Å². The van der Waals surface area contributed by atoms with Gasteiger partial charge in [-0.3, -0.25) is 4.21 Å². The summed E-state index contributed by atoms with van der Waals surface area (Å²) in [5, 5.41) is 3.32. The summed E-state index contributed by atoms with van der Waals surface area (Å²) in [5.74, 6) is 0.768. The van der Waals surface area contributed by atoms with E-state index < -0.39 is 10.8 Å². The van der Waals surface area contributed by atoms with Crippen LogP contribution in [0.1, 0.15) is 26.7 Å². The Hall–Kier alpha value is 0.110. The average molecular weight is 177 g/mol. The first kappa shape index (κ1) is 11.1. The smallest absolute Gasteiger partial charge is 0.0383 e. The first-order chi connectivity index (χ1) is 5.16. The van der Waals surface area contributed by atoms with Crippen molar-refractivity contribution in [3.8, 4) is 0 Å². The Morgan fingerprint density at radius 1 is 1.55 bits per heavy atom. The van der Waals surface area contributed by atoms with Gasteiger partial charge in [-0.1, -0.05) is 13.3 Å². The Kier molecular flexibility index (Phi) is 6.87. The van der Waals surface area contributed by atoms with Crippen LogP contribution in [-0.2, 0) is 10.8 Å². The van der Waals surface area contributed by atoms with E-state index in [1.165, 1.54) is 12.8 Å². The van der Waals surface area contributed by atoms with Crippen LogP contribution in [0.3, 0.4) is 0 Å². The van der Waals surface area contributed by atoms with Crippen LogP contribution in [0.25, 0.3) is 0 Å². The molecule has 0 aromatic rings. The SMILES string of the molecule is CCCCNC(C)CS(C)=O. The van der Waals surface area contributed by atoms with Crippen molar-refractivity contribution in [3.63, 3.8) is 0 Å². The molecule has 0 heterocycles. The Bertz CT molecular complexity index is 117. The molecule has 0 aliphatic carbocycles. The third-order valence-corrected chi connectivity index (χ3v) is 2.48. The van der Waals surface area contributed by atoms with Gasteiger partial charge in [0.15, 0.2) is 0 Å². The van der Waals surface area contributed by atoms with Gasteiger partial charge >= 0.3 is 0 Å². The van der Waals surface area contributed by atoms with E-state index in [9.17, 15) is 4.21 Å². The summed E-state index contributed by atoms with van der Waals surface area (Å²) in [6, 6.07) is 0.396. The van der Waals surface area contributed by atoms with Crippen molar-refractivity contribution >= 4 is 10.8 Å². The minimum absolute atomic E-state index is 0.396. The van der Waals surface area contributed by atoms with E-state index in [1.54, 1.807) is 6.26 Å². The minimum atomic E-state index is -0.664. The van der Waals surface area contributed by atoms with Gasteiger partial charge in [-0.25, -0.2) is 0 Å². The molecule has 11 heavy (non-hydrogen) atoms. The number of hydrogen-bond donors (Lipinski definition) is 1. The second kappa shape index (κ2) is 6.80. The van der Waals surface area contributed by atoms with E-state index in [1.807, 2.05) is 0 Å². The van der Waals surface area contributed by atoms with Crippen LogP contribution in [0, 0.1) is 0 Å². The Labute approximate surface area is 72.2 Å². The van der Waals surface area contributed by atoms with Crippen molar-refractivity contribution in [1.82, 2.24) is 5.32 Å². The van der Waals surface area contributed by atoms with E-state index in [0.29, 0.717) is 6.04 Å². The number of rotatable bonds is 6. The highest BCUT2D eigenvalue weighted by Crippen LogP contribution is 1.88. The van der Waals surface area contributed by atoms with E-state index in [4.69, 9.17) is 0 Å². The van der Waals surface area contributed by atoms with Gasteiger partial charge in [0, 0.05) is 28.9 Å². The first-order valence-corrected chi connectivity index (χ1v) is 5.93. The molecule has 2 atom stereocenters. The number of hydrogen-bond acceptors (Lipinski definition) is 2. The maximum Gasteiger partial charge on any atom is 0.0383 e. The van der Waals surface area contributed by atoms with Gasteiger partial charge in [0.1, 0.15) is 0 Å². The van der Waals surface area contributed by atoms with E-state index in [0.717, 1.165) is 12.3 Å². The fourth-order valence-electron chi connectivity index (χ4n) is 0.936. The molecule has 68 valence electrons. The fraction of sp³-hybridized carbons (Fsp3) is 1.00. The second-order valence-electron chi connectivity index (χ2n) is 2.95. The molecule has 0 amide bonds. The molecule has 0 spiro atoms. The molecule has 0 aromatic heterocycles. The molecule has 0 aliphatic heterocycles. The van der Waals surface area contributed by atoms with Crippen LogP contribution in [0.5, 0.6) is 0 Å². The van der Waals surface area contributed by atoms with Crippen molar-refractivity contribution in [1.29, 1.82) is 0 Å². The van der Waals surface area contributed by atoms with Gasteiger partial charge in [0.25, 0.3) is 0 Å². The van der Waals surface area contributed by atoms with Crippen LogP contribution >= 0.6 is 0 Å². The first-order valence-electron chi connectivity index (χ1n) is 4.20. The highest BCUT2D eigenvalue weighted by Gasteiger charge is 2.01. The predicted octanol–water partition coefficient (Wildman–Crippen LogP) is 1.14. The molecule has 0 saturated carbocycles. The van der Waals surface area contributed by atoms with Crippen LogP contribution in [-0.4, -0.2) is 28.8 Å². The zero-order valence-electron chi connectivity index (χ0n) is 7.72. The van der Waals surface area contributed by atoms with Gasteiger partial charge in [-0.15, -0.1) is 0 Å². The van der Waals surface area contributed by atoms with Crippen molar-refractivity contribution < 1.29 is 4.21 Å². The summed E-state index contributed by atoms with van der Waals surface area (Å²) in [6.07, 6.45) is 4.17. The molecule has 0 fully saturated rings. The van der Waals surface area contributed by atoms with Gasteiger partial charge in [0.05, 0.1) is 0 Å². The standard InChI is InChI=1S/C8H19NOS/c1-4-5-6-9-8(2)7-11(3)10/h8-9H,4-7H2,1-3H3. The predicted molar refractivity (Wildman–Crippen MR) is 51.3 cm³/mol. The summed E-state index contributed by atoms with van der Waals surface area (Å²) in [4.78, 5) is 0. The summed E-state index contributed by atoms with van der Waals surface area (Å²) < 4.78 is 10.8. The van der Waals surface area contributed by atoms with E-state index >= 15 is 0 Å². The molecule has 0 aliphatic rings.